The molecule has 1 aliphatic rings. The Kier molecular flexibility index (Phi) is 2.89. The van der Waals surface area contributed by atoms with Gasteiger partial charge in [0.15, 0.2) is 0 Å². The molecule has 1 heterocycles. The molecular formula is C22H21N. The maximum absolute atomic E-state index is 4.09. The summed E-state index contributed by atoms with van der Waals surface area (Å²) < 4.78 is 0. The lowest BCUT2D eigenvalue weighted by Crippen LogP contribution is -2.17. The molecule has 1 aromatic heterocycles. The zero-order chi connectivity index (χ0) is 16.2. The number of aromatic nitrogens is 1. The minimum atomic E-state index is -0.0360. The predicted molar refractivity (Wildman–Crippen MR) is 99.5 cm³/mol. The van der Waals surface area contributed by atoms with Gasteiger partial charge in [-0.1, -0.05) is 69.0 Å². The second-order valence-corrected chi connectivity index (χ2v) is 6.83. The topological polar surface area (TPSA) is 15.8 Å². The summed E-state index contributed by atoms with van der Waals surface area (Å²) in [5, 5.41) is 1.30. The number of hydrogen-bond donors (Lipinski definition) is 1. The monoisotopic (exact) mass is 299 g/mol. The number of rotatable bonds is 2. The Morgan fingerprint density at radius 1 is 1.00 bits per heavy atom. The largest absolute Gasteiger partial charge is 0.355 e. The third kappa shape index (κ3) is 1.80. The van der Waals surface area contributed by atoms with Crippen LogP contribution < -0.4 is 0 Å². The first kappa shape index (κ1) is 14.1. The normalized spacial score (nSPS) is 16.0. The maximum atomic E-state index is 4.09. The molecule has 0 spiro atoms. The number of allylic oxidation sites excluding steroid dienone is 3. The van der Waals surface area contributed by atoms with Crippen molar-refractivity contribution in [3.8, 4) is 0 Å². The van der Waals surface area contributed by atoms with E-state index in [1.54, 1.807) is 0 Å². The molecule has 0 aliphatic heterocycles. The van der Waals surface area contributed by atoms with E-state index in [0.29, 0.717) is 0 Å². The van der Waals surface area contributed by atoms with Crippen LogP contribution in [-0.4, -0.2) is 4.98 Å². The number of fused-ring (bicyclic) bond motifs is 2. The van der Waals surface area contributed by atoms with Gasteiger partial charge in [0, 0.05) is 22.0 Å². The zero-order valence-electron chi connectivity index (χ0n) is 13.9. The van der Waals surface area contributed by atoms with E-state index in [2.05, 4.69) is 80.9 Å². The van der Waals surface area contributed by atoms with Crippen molar-refractivity contribution in [3.63, 3.8) is 0 Å². The Morgan fingerprint density at radius 3 is 2.43 bits per heavy atom. The van der Waals surface area contributed by atoms with Gasteiger partial charge in [0.25, 0.3) is 0 Å². The van der Waals surface area contributed by atoms with Gasteiger partial charge in [0.05, 0.1) is 0 Å². The highest BCUT2D eigenvalue weighted by Gasteiger charge is 2.38. The van der Waals surface area contributed by atoms with Gasteiger partial charge in [0.1, 0.15) is 0 Å². The van der Waals surface area contributed by atoms with Crippen LogP contribution in [0.3, 0.4) is 0 Å². The van der Waals surface area contributed by atoms with E-state index in [4.69, 9.17) is 0 Å². The molecule has 1 N–H and O–H groups in total. The summed E-state index contributed by atoms with van der Waals surface area (Å²) in [6, 6.07) is 17.2. The van der Waals surface area contributed by atoms with Crippen LogP contribution in [0.15, 0.2) is 61.2 Å². The van der Waals surface area contributed by atoms with Crippen molar-refractivity contribution in [2.75, 3.05) is 0 Å². The number of aryl methyl sites for hydroxylation is 1. The van der Waals surface area contributed by atoms with E-state index in [-0.39, 0.29) is 5.41 Å². The maximum Gasteiger partial charge on any atom is 0.0468 e. The highest BCUT2D eigenvalue weighted by atomic mass is 14.7. The van der Waals surface area contributed by atoms with Crippen LogP contribution >= 0.6 is 0 Å². The number of aromatic amines is 1. The van der Waals surface area contributed by atoms with Crippen LogP contribution in [0.1, 0.15) is 36.2 Å². The third-order valence-corrected chi connectivity index (χ3v) is 5.20. The van der Waals surface area contributed by atoms with E-state index < -0.39 is 0 Å². The number of nitrogens with one attached hydrogen (secondary N) is 1. The summed E-state index contributed by atoms with van der Waals surface area (Å²) in [5.74, 6) is 0. The lowest BCUT2D eigenvalue weighted by Gasteiger charge is -2.25. The van der Waals surface area contributed by atoms with Crippen molar-refractivity contribution >= 4 is 22.0 Å². The Labute approximate surface area is 137 Å². The van der Waals surface area contributed by atoms with E-state index in [1.165, 1.54) is 44.4 Å². The summed E-state index contributed by atoms with van der Waals surface area (Å²) >= 11 is 0. The van der Waals surface area contributed by atoms with Crippen molar-refractivity contribution in [1.29, 1.82) is 0 Å². The lowest BCUT2D eigenvalue weighted by atomic mass is 9.79. The van der Waals surface area contributed by atoms with E-state index in [1.807, 2.05) is 6.08 Å². The molecule has 0 bridgehead atoms. The lowest BCUT2D eigenvalue weighted by molar-refractivity contribution is 0.701. The Bertz CT molecular complexity index is 967. The minimum Gasteiger partial charge on any atom is -0.355 e. The molecule has 3 aromatic rings. The summed E-state index contributed by atoms with van der Waals surface area (Å²) in [6.45, 7) is 10.9. The fourth-order valence-corrected chi connectivity index (χ4v) is 4.06. The first-order valence-corrected chi connectivity index (χ1v) is 8.10. The van der Waals surface area contributed by atoms with Gasteiger partial charge in [-0.3, -0.25) is 0 Å². The second kappa shape index (κ2) is 4.73. The fraction of sp³-hybridized carbons (Fsp3) is 0.182. The first-order chi connectivity index (χ1) is 11.1. The number of hydrogen-bond acceptors (Lipinski definition) is 0. The first-order valence-electron chi connectivity index (χ1n) is 8.10. The summed E-state index contributed by atoms with van der Waals surface area (Å²) in [4.78, 5) is 3.65. The Morgan fingerprint density at radius 2 is 1.70 bits per heavy atom. The van der Waals surface area contributed by atoms with Gasteiger partial charge in [-0.15, -0.1) is 0 Å². The van der Waals surface area contributed by atoms with Crippen molar-refractivity contribution in [1.82, 2.24) is 4.98 Å². The standard InChI is InChI=1S/C22H21N/c1-5-15-17-11-6-8-12-18(17)22(3,4)20(15)21-14(2)16-10-7-9-13-19(16)23-21/h5-13,23H,1H2,2-4H3. The van der Waals surface area contributed by atoms with Gasteiger partial charge in [-0.2, -0.15) is 0 Å². The van der Waals surface area contributed by atoms with Gasteiger partial charge >= 0.3 is 0 Å². The molecule has 1 heteroatoms. The molecule has 0 atom stereocenters. The van der Waals surface area contributed by atoms with Gasteiger partial charge < -0.3 is 4.98 Å². The fourth-order valence-electron chi connectivity index (χ4n) is 4.06. The average molecular weight is 299 g/mol. The number of benzene rings is 2. The molecule has 0 fully saturated rings. The van der Waals surface area contributed by atoms with Crippen molar-refractivity contribution in [2.24, 2.45) is 0 Å². The molecule has 0 radical (unpaired) electrons. The van der Waals surface area contributed by atoms with E-state index in [0.717, 1.165) is 0 Å². The molecule has 0 saturated heterocycles. The van der Waals surface area contributed by atoms with Crippen molar-refractivity contribution in [3.05, 3.63) is 83.6 Å². The quantitative estimate of drug-likeness (QED) is 0.609. The molecule has 1 aliphatic carbocycles. The summed E-state index contributed by atoms with van der Waals surface area (Å²) in [6.07, 6.45) is 2.01. The van der Waals surface area contributed by atoms with Crippen molar-refractivity contribution < 1.29 is 0 Å². The minimum absolute atomic E-state index is 0.0360. The average Bonchev–Trinajstić information content (AvgIpc) is 3.00. The van der Waals surface area contributed by atoms with Crippen LogP contribution in [-0.2, 0) is 5.41 Å². The summed E-state index contributed by atoms with van der Waals surface area (Å²) in [7, 11) is 0. The third-order valence-electron chi connectivity index (χ3n) is 5.20. The predicted octanol–water partition coefficient (Wildman–Crippen LogP) is 5.86. The van der Waals surface area contributed by atoms with E-state index >= 15 is 0 Å². The second-order valence-electron chi connectivity index (χ2n) is 6.83. The molecule has 0 saturated carbocycles. The van der Waals surface area contributed by atoms with Gasteiger partial charge in [0.2, 0.25) is 0 Å². The molecular weight excluding hydrogens is 278 g/mol. The van der Waals surface area contributed by atoms with Crippen LogP contribution in [0.5, 0.6) is 0 Å². The molecule has 0 unspecified atom stereocenters. The number of H-pyrrole nitrogens is 1. The van der Waals surface area contributed by atoms with Crippen LogP contribution in [0.2, 0.25) is 0 Å². The summed E-state index contributed by atoms with van der Waals surface area (Å²) in [5.41, 5.74) is 9.00. The van der Waals surface area contributed by atoms with Gasteiger partial charge in [-0.05, 0) is 40.8 Å². The molecule has 1 nitrogen and oxygen atoms in total. The number of para-hydroxylation sites is 1. The Balaban J connectivity index is 2.07. The molecule has 23 heavy (non-hydrogen) atoms. The van der Waals surface area contributed by atoms with Crippen molar-refractivity contribution in [2.45, 2.75) is 26.2 Å². The Hall–Kier alpha value is -2.54. The van der Waals surface area contributed by atoms with Crippen LogP contribution in [0.4, 0.5) is 0 Å². The smallest absolute Gasteiger partial charge is 0.0468 e. The van der Waals surface area contributed by atoms with E-state index in [9.17, 15) is 0 Å². The molecule has 0 amide bonds. The highest BCUT2D eigenvalue weighted by Crippen LogP contribution is 2.51. The SMILES string of the molecule is C=CC1=C(c2[nH]c3ccccc3c2C)C(C)(C)c2ccccc21. The van der Waals surface area contributed by atoms with Crippen LogP contribution in [0, 0.1) is 6.92 Å². The highest BCUT2D eigenvalue weighted by molar-refractivity contribution is 6.06. The van der Waals surface area contributed by atoms with Crippen LogP contribution in [0.25, 0.3) is 22.0 Å². The van der Waals surface area contributed by atoms with Gasteiger partial charge in [-0.25, -0.2) is 0 Å². The zero-order valence-corrected chi connectivity index (χ0v) is 13.9. The molecule has 4 rings (SSSR count). The molecule has 114 valence electrons. The molecule has 2 aromatic carbocycles.